The molecule has 0 bridgehead atoms. The zero-order valence-electron chi connectivity index (χ0n) is 18.7. The van der Waals surface area contributed by atoms with E-state index in [4.69, 9.17) is 11.6 Å². The molecule has 4 rings (SSSR count). The van der Waals surface area contributed by atoms with Crippen molar-refractivity contribution in [3.63, 3.8) is 0 Å². The number of thiazole rings is 1. The number of piperazine rings is 1. The molecular weight excluding hydrogens is 480 g/mol. The number of aromatic nitrogens is 1. The van der Waals surface area contributed by atoms with Crippen LogP contribution in [0.25, 0.3) is 10.2 Å². The van der Waals surface area contributed by atoms with Crippen LogP contribution in [-0.4, -0.2) is 68.3 Å². The number of para-hydroxylation sites is 1. The first-order chi connectivity index (χ1) is 15.8. The lowest BCUT2D eigenvalue weighted by molar-refractivity contribution is 0.0746. The van der Waals surface area contributed by atoms with Gasteiger partial charge in [0.1, 0.15) is 5.52 Å². The van der Waals surface area contributed by atoms with E-state index < -0.39 is 10.0 Å². The minimum absolute atomic E-state index is 0.0923. The van der Waals surface area contributed by atoms with Crippen LogP contribution >= 0.6 is 22.9 Å². The zero-order valence-corrected chi connectivity index (χ0v) is 21.1. The predicted octanol–water partition coefficient (Wildman–Crippen LogP) is 4.33. The third-order valence-electron chi connectivity index (χ3n) is 5.83. The van der Waals surface area contributed by atoms with Crippen LogP contribution in [-0.2, 0) is 10.0 Å². The highest BCUT2D eigenvalue weighted by atomic mass is 35.5. The second-order valence-corrected chi connectivity index (χ2v) is 11.5. The Labute approximate surface area is 203 Å². The first-order valence-corrected chi connectivity index (χ1v) is 13.6. The number of carbonyl (C=O) groups is 1. The highest BCUT2D eigenvalue weighted by Crippen LogP contribution is 2.33. The summed E-state index contributed by atoms with van der Waals surface area (Å²) >= 11 is 7.85. The van der Waals surface area contributed by atoms with Gasteiger partial charge in [-0.15, -0.1) is 0 Å². The molecule has 0 unspecified atom stereocenters. The van der Waals surface area contributed by atoms with Gasteiger partial charge in [-0.3, -0.25) is 4.79 Å². The van der Waals surface area contributed by atoms with Crippen molar-refractivity contribution in [1.29, 1.82) is 0 Å². The van der Waals surface area contributed by atoms with E-state index in [1.165, 1.54) is 16.4 Å². The number of halogens is 1. The first kappa shape index (κ1) is 23.9. The molecular formula is C23H27ClN4O3S2. The minimum Gasteiger partial charge on any atom is -0.345 e. The summed E-state index contributed by atoms with van der Waals surface area (Å²) in [6, 6.07) is 12.0. The third kappa shape index (κ3) is 5.01. The molecule has 7 nitrogen and oxygen atoms in total. The summed E-state index contributed by atoms with van der Waals surface area (Å²) in [6.07, 6.45) is 1.73. The number of unbranched alkanes of at least 4 members (excludes halogenated alkanes) is 1. The first-order valence-electron chi connectivity index (χ1n) is 11.0. The molecule has 176 valence electrons. The molecule has 1 amide bonds. The van der Waals surface area contributed by atoms with E-state index in [2.05, 4.69) is 9.88 Å². The molecule has 0 spiro atoms. The van der Waals surface area contributed by atoms with Gasteiger partial charge in [0.25, 0.3) is 5.91 Å². The van der Waals surface area contributed by atoms with Crippen molar-refractivity contribution in [3.05, 3.63) is 53.1 Å². The number of anilines is 1. The fourth-order valence-corrected chi connectivity index (χ4v) is 6.30. The van der Waals surface area contributed by atoms with E-state index in [-0.39, 0.29) is 10.8 Å². The Kier molecular flexibility index (Phi) is 7.23. The number of hydrogen-bond donors (Lipinski definition) is 0. The third-order valence-corrected chi connectivity index (χ3v) is 9.09. The lowest BCUT2D eigenvalue weighted by atomic mass is 10.2. The summed E-state index contributed by atoms with van der Waals surface area (Å²) in [5.74, 6) is -0.0923. The van der Waals surface area contributed by atoms with E-state index >= 15 is 0 Å². The van der Waals surface area contributed by atoms with Crippen LogP contribution in [0.5, 0.6) is 0 Å². The van der Waals surface area contributed by atoms with Gasteiger partial charge in [-0.1, -0.05) is 42.3 Å². The highest BCUT2D eigenvalue weighted by molar-refractivity contribution is 7.89. The number of benzene rings is 2. The summed E-state index contributed by atoms with van der Waals surface area (Å²) in [4.78, 5) is 21.8. The maximum Gasteiger partial charge on any atom is 0.253 e. The quantitative estimate of drug-likeness (QED) is 0.476. The van der Waals surface area contributed by atoms with Crippen LogP contribution in [0.2, 0.25) is 5.02 Å². The van der Waals surface area contributed by atoms with Crippen LogP contribution in [0.15, 0.2) is 47.4 Å². The molecule has 33 heavy (non-hydrogen) atoms. The maximum absolute atomic E-state index is 13.0. The zero-order chi connectivity index (χ0) is 23.6. The van der Waals surface area contributed by atoms with Crippen molar-refractivity contribution in [2.45, 2.75) is 24.7 Å². The molecule has 0 saturated carbocycles. The summed E-state index contributed by atoms with van der Waals surface area (Å²) in [6.45, 7) is 5.00. The molecule has 0 radical (unpaired) electrons. The second kappa shape index (κ2) is 9.97. The highest BCUT2D eigenvalue weighted by Gasteiger charge is 2.25. The van der Waals surface area contributed by atoms with E-state index in [0.29, 0.717) is 43.3 Å². The lowest BCUT2D eigenvalue weighted by Gasteiger charge is -2.34. The van der Waals surface area contributed by atoms with Crippen molar-refractivity contribution in [2.75, 3.05) is 44.7 Å². The second-order valence-electron chi connectivity index (χ2n) is 8.07. The number of rotatable bonds is 7. The van der Waals surface area contributed by atoms with Gasteiger partial charge in [-0.2, -0.15) is 0 Å². The molecule has 0 aliphatic carbocycles. The number of nitrogens with zero attached hydrogens (tertiary/aromatic N) is 4. The average molecular weight is 507 g/mol. The molecule has 0 N–H and O–H groups in total. The Morgan fingerprint density at radius 3 is 2.45 bits per heavy atom. The van der Waals surface area contributed by atoms with E-state index in [1.807, 2.05) is 25.1 Å². The molecule has 1 aliphatic heterocycles. The van der Waals surface area contributed by atoms with Gasteiger partial charge in [0.05, 0.1) is 14.6 Å². The fraction of sp³-hybridized carbons (Fsp3) is 0.391. The largest absolute Gasteiger partial charge is 0.345 e. The van der Waals surface area contributed by atoms with Gasteiger partial charge in [0, 0.05) is 45.3 Å². The molecule has 10 heteroatoms. The normalized spacial score (nSPS) is 14.9. The molecule has 1 aliphatic rings. The fourth-order valence-electron chi connectivity index (χ4n) is 3.77. The molecule has 1 saturated heterocycles. The maximum atomic E-state index is 13.0. The van der Waals surface area contributed by atoms with Gasteiger partial charge in [0.2, 0.25) is 10.0 Å². The van der Waals surface area contributed by atoms with Gasteiger partial charge >= 0.3 is 0 Å². The summed E-state index contributed by atoms with van der Waals surface area (Å²) in [5.41, 5.74) is 1.30. The Morgan fingerprint density at radius 1 is 1.12 bits per heavy atom. The monoisotopic (exact) mass is 506 g/mol. The summed E-state index contributed by atoms with van der Waals surface area (Å²) < 4.78 is 27.8. The molecule has 1 aromatic heterocycles. The number of sulfonamides is 1. The lowest BCUT2D eigenvalue weighted by Crippen LogP contribution is -2.48. The molecule has 0 atom stereocenters. The van der Waals surface area contributed by atoms with Gasteiger partial charge in [-0.25, -0.2) is 17.7 Å². The molecule has 2 heterocycles. The van der Waals surface area contributed by atoms with E-state index in [0.717, 1.165) is 28.2 Å². The van der Waals surface area contributed by atoms with E-state index in [1.54, 1.807) is 35.4 Å². The van der Waals surface area contributed by atoms with Crippen LogP contribution in [0, 0.1) is 0 Å². The van der Waals surface area contributed by atoms with Gasteiger partial charge < -0.3 is 9.80 Å². The minimum atomic E-state index is -3.54. The molecule has 1 fully saturated rings. The molecule has 3 aromatic rings. The van der Waals surface area contributed by atoms with Crippen LogP contribution in [0.3, 0.4) is 0 Å². The summed E-state index contributed by atoms with van der Waals surface area (Å²) in [7, 11) is -1.96. The number of amides is 1. The SMILES string of the molecule is CCCCN(C)S(=O)(=O)c1ccc(C(=O)N2CCN(c3nc4c(Cl)cccc4s3)CC2)cc1. The van der Waals surface area contributed by atoms with Gasteiger partial charge in [0.15, 0.2) is 5.13 Å². The van der Waals surface area contributed by atoms with Crippen LogP contribution < -0.4 is 4.90 Å². The van der Waals surface area contributed by atoms with Crippen molar-refractivity contribution < 1.29 is 13.2 Å². The Balaban J connectivity index is 1.39. The van der Waals surface area contributed by atoms with E-state index in [9.17, 15) is 13.2 Å². The smallest absolute Gasteiger partial charge is 0.253 e. The molecule has 2 aromatic carbocycles. The van der Waals surface area contributed by atoms with Crippen molar-refractivity contribution in [1.82, 2.24) is 14.2 Å². The van der Waals surface area contributed by atoms with Crippen LogP contribution in [0.4, 0.5) is 5.13 Å². The average Bonchev–Trinajstić information content (AvgIpc) is 3.28. The predicted molar refractivity (Wildman–Crippen MR) is 134 cm³/mol. The van der Waals surface area contributed by atoms with Crippen molar-refractivity contribution >= 4 is 54.2 Å². The van der Waals surface area contributed by atoms with Gasteiger partial charge in [-0.05, 0) is 42.8 Å². The topological polar surface area (TPSA) is 73.8 Å². The number of fused-ring (bicyclic) bond motifs is 1. The Morgan fingerprint density at radius 2 is 1.82 bits per heavy atom. The summed E-state index contributed by atoms with van der Waals surface area (Å²) in [5, 5.41) is 1.55. The van der Waals surface area contributed by atoms with Crippen molar-refractivity contribution in [3.8, 4) is 0 Å². The number of hydrogen-bond acceptors (Lipinski definition) is 6. The standard InChI is InChI=1S/C23H27ClN4O3S2/c1-3-4-12-26(2)33(30,31)18-10-8-17(9-11-18)22(29)27-13-15-28(16-14-27)23-25-21-19(24)6-5-7-20(21)32-23/h5-11H,3-4,12-16H2,1-2H3. The Hall–Kier alpha value is -2.20. The van der Waals surface area contributed by atoms with Crippen LogP contribution in [0.1, 0.15) is 30.1 Å². The number of carbonyl (C=O) groups excluding carboxylic acids is 1. The van der Waals surface area contributed by atoms with Crippen molar-refractivity contribution in [2.24, 2.45) is 0 Å². The Bertz CT molecular complexity index is 1240.